The van der Waals surface area contributed by atoms with Crippen molar-refractivity contribution in [3.8, 4) is 0 Å². The first-order valence-corrected chi connectivity index (χ1v) is 6.77. The minimum Gasteiger partial charge on any atom is -0.347 e. The van der Waals surface area contributed by atoms with Gasteiger partial charge in [0.05, 0.1) is 10.5 Å². The van der Waals surface area contributed by atoms with Crippen molar-refractivity contribution in [3.05, 3.63) is 34.4 Å². The van der Waals surface area contributed by atoms with Gasteiger partial charge in [0.25, 0.3) is 0 Å². The number of fused-ring (bicyclic) bond motifs is 1. The van der Waals surface area contributed by atoms with Crippen molar-refractivity contribution < 1.29 is 4.79 Å². The molecule has 0 saturated heterocycles. The first-order chi connectivity index (χ1) is 8.58. The quantitative estimate of drug-likeness (QED) is 0.729. The molecule has 18 heavy (non-hydrogen) atoms. The zero-order valence-corrected chi connectivity index (χ0v) is 11.8. The molecular weight excluding hydrogens is 269 g/mol. The van der Waals surface area contributed by atoms with Crippen LogP contribution in [0.15, 0.2) is 24.4 Å². The third kappa shape index (κ3) is 3.06. The molecule has 0 atom stereocenters. The Morgan fingerprint density at radius 1 is 1.28 bits per heavy atom. The molecule has 0 unspecified atom stereocenters. The summed E-state index contributed by atoms with van der Waals surface area (Å²) in [6, 6.07) is 5.68. The number of ketones is 1. The molecule has 0 N–H and O–H groups in total. The van der Waals surface area contributed by atoms with Crippen LogP contribution < -0.4 is 0 Å². The van der Waals surface area contributed by atoms with Gasteiger partial charge in [0.1, 0.15) is 5.78 Å². The summed E-state index contributed by atoms with van der Waals surface area (Å²) >= 11 is 12.1. The predicted octanol–water partition coefficient (Wildman–Crippen LogP) is 4.71. The number of Topliss-reactive ketones (excluding diaryl/α,β-unsaturated/α-hetero) is 1. The van der Waals surface area contributed by atoms with Gasteiger partial charge in [-0.15, -0.1) is 0 Å². The van der Waals surface area contributed by atoms with E-state index in [-0.39, 0.29) is 5.78 Å². The Kier molecular flexibility index (Phi) is 4.31. The number of aryl methyl sites for hydroxylation is 1. The summed E-state index contributed by atoms with van der Waals surface area (Å²) in [6.07, 6.45) is 4.57. The van der Waals surface area contributed by atoms with Crippen LogP contribution in [-0.4, -0.2) is 10.4 Å². The maximum absolute atomic E-state index is 10.9. The summed E-state index contributed by atoms with van der Waals surface area (Å²) in [6.45, 7) is 2.51. The number of carbonyl (C=O) groups is 1. The van der Waals surface area contributed by atoms with Gasteiger partial charge in [0.15, 0.2) is 0 Å². The van der Waals surface area contributed by atoms with Crippen molar-refractivity contribution >= 4 is 39.9 Å². The summed E-state index contributed by atoms with van der Waals surface area (Å²) < 4.78 is 2.13. The maximum atomic E-state index is 10.9. The van der Waals surface area contributed by atoms with Gasteiger partial charge in [-0.1, -0.05) is 23.2 Å². The number of hydrogen-bond acceptors (Lipinski definition) is 1. The van der Waals surface area contributed by atoms with Gasteiger partial charge < -0.3 is 9.36 Å². The zero-order valence-electron chi connectivity index (χ0n) is 10.2. The molecule has 0 spiro atoms. The number of carbonyl (C=O) groups excluding carboxylic acids is 1. The van der Waals surface area contributed by atoms with E-state index in [0.29, 0.717) is 16.5 Å². The molecule has 0 aliphatic carbocycles. The second-order valence-electron chi connectivity index (χ2n) is 4.49. The Morgan fingerprint density at radius 2 is 2.06 bits per heavy atom. The van der Waals surface area contributed by atoms with Crippen LogP contribution in [0.5, 0.6) is 0 Å². The third-order valence-corrected chi connectivity index (χ3v) is 3.51. The lowest BCUT2D eigenvalue weighted by Crippen LogP contribution is -1.97. The highest BCUT2D eigenvalue weighted by Crippen LogP contribution is 2.28. The molecule has 2 nitrogen and oxygen atoms in total. The molecule has 0 radical (unpaired) electrons. The van der Waals surface area contributed by atoms with Gasteiger partial charge in [0, 0.05) is 29.6 Å². The standard InChI is InChI=1S/C14H15Cl2NO/c1-10(18)4-2-3-6-17-7-5-12-13(16)8-11(15)9-14(12)17/h5,7-9H,2-4,6H2,1H3. The van der Waals surface area contributed by atoms with Gasteiger partial charge in [-0.05, 0) is 38.0 Å². The topological polar surface area (TPSA) is 22.0 Å². The molecule has 1 aromatic carbocycles. The molecule has 0 aliphatic rings. The highest BCUT2D eigenvalue weighted by atomic mass is 35.5. The lowest BCUT2D eigenvalue weighted by Gasteiger charge is -2.05. The minimum absolute atomic E-state index is 0.249. The second kappa shape index (κ2) is 5.77. The molecular formula is C14H15Cl2NO. The van der Waals surface area contributed by atoms with E-state index in [0.717, 1.165) is 30.3 Å². The fourth-order valence-corrected chi connectivity index (χ4v) is 2.62. The summed E-state index contributed by atoms with van der Waals surface area (Å²) in [7, 11) is 0. The molecule has 0 aliphatic heterocycles. The van der Waals surface area contributed by atoms with Crippen molar-refractivity contribution in [1.82, 2.24) is 4.57 Å². The first kappa shape index (κ1) is 13.4. The molecule has 0 bridgehead atoms. The molecule has 2 rings (SSSR count). The van der Waals surface area contributed by atoms with E-state index in [2.05, 4.69) is 4.57 Å². The molecule has 4 heteroatoms. The van der Waals surface area contributed by atoms with Crippen LogP contribution in [0.2, 0.25) is 10.0 Å². The van der Waals surface area contributed by atoms with E-state index in [4.69, 9.17) is 23.2 Å². The number of rotatable bonds is 5. The molecule has 96 valence electrons. The number of aromatic nitrogens is 1. The number of halogens is 2. The molecule has 0 amide bonds. The van der Waals surface area contributed by atoms with Gasteiger partial charge in [0.2, 0.25) is 0 Å². The van der Waals surface area contributed by atoms with Crippen molar-refractivity contribution in [2.45, 2.75) is 32.7 Å². The lowest BCUT2D eigenvalue weighted by atomic mass is 10.2. The van der Waals surface area contributed by atoms with Gasteiger partial charge >= 0.3 is 0 Å². The Morgan fingerprint density at radius 3 is 2.78 bits per heavy atom. The Bertz CT molecular complexity index is 574. The second-order valence-corrected chi connectivity index (χ2v) is 5.33. The van der Waals surface area contributed by atoms with Crippen molar-refractivity contribution in [2.24, 2.45) is 0 Å². The van der Waals surface area contributed by atoms with Crippen LogP contribution in [0, 0.1) is 0 Å². The highest BCUT2D eigenvalue weighted by Gasteiger charge is 2.06. The monoisotopic (exact) mass is 283 g/mol. The third-order valence-electron chi connectivity index (χ3n) is 2.98. The van der Waals surface area contributed by atoms with Gasteiger partial charge in [-0.3, -0.25) is 0 Å². The predicted molar refractivity (Wildman–Crippen MR) is 76.5 cm³/mol. The highest BCUT2D eigenvalue weighted by molar-refractivity contribution is 6.38. The maximum Gasteiger partial charge on any atom is 0.129 e. The van der Waals surface area contributed by atoms with Crippen LogP contribution in [0.1, 0.15) is 26.2 Å². The number of unbranched alkanes of at least 4 members (excludes halogenated alkanes) is 1. The average Bonchev–Trinajstić information content (AvgIpc) is 2.67. The van der Waals surface area contributed by atoms with Crippen LogP contribution >= 0.6 is 23.2 Å². The van der Waals surface area contributed by atoms with Crippen molar-refractivity contribution in [2.75, 3.05) is 0 Å². The smallest absolute Gasteiger partial charge is 0.129 e. The van der Waals surface area contributed by atoms with E-state index in [9.17, 15) is 4.79 Å². The van der Waals surface area contributed by atoms with E-state index in [1.54, 1.807) is 13.0 Å². The van der Waals surface area contributed by atoms with Gasteiger partial charge in [-0.2, -0.15) is 0 Å². The van der Waals surface area contributed by atoms with E-state index in [1.165, 1.54) is 0 Å². The SMILES string of the molecule is CC(=O)CCCCn1ccc2c(Cl)cc(Cl)cc21. The van der Waals surface area contributed by atoms with Crippen LogP contribution in [0.4, 0.5) is 0 Å². The fraction of sp³-hybridized carbons (Fsp3) is 0.357. The molecule has 0 fully saturated rings. The van der Waals surface area contributed by atoms with Crippen molar-refractivity contribution in [3.63, 3.8) is 0 Å². The van der Waals surface area contributed by atoms with E-state index in [1.807, 2.05) is 18.3 Å². The molecule has 1 heterocycles. The normalized spacial score (nSPS) is 11.1. The Labute approximate surface area is 116 Å². The minimum atomic E-state index is 0.249. The molecule has 0 saturated carbocycles. The lowest BCUT2D eigenvalue weighted by molar-refractivity contribution is -0.117. The van der Waals surface area contributed by atoms with Crippen LogP contribution in [-0.2, 0) is 11.3 Å². The van der Waals surface area contributed by atoms with E-state index < -0.39 is 0 Å². The fourth-order valence-electron chi connectivity index (χ4n) is 2.07. The largest absolute Gasteiger partial charge is 0.347 e. The number of benzene rings is 1. The average molecular weight is 284 g/mol. The zero-order chi connectivity index (χ0) is 13.1. The van der Waals surface area contributed by atoms with Gasteiger partial charge in [-0.25, -0.2) is 0 Å². The summed E-state index contributed by atoms with van der Waals surface area (Å²) in [4.78, 5) is 10.9. The summed E-state index contributed by atoms with van der Waals surface area (Å²) in [5.74, 6) is 0.249. The first-order valence-electron chi connectivity index (χ1n) is 6.01. The molecule has 1 aromatic heterocycles. The number of hydrogen-bond donors (Lipinski definition) is 0. The van der Waals surface area contributed by atoms with E-state index >= 15 is 0 Å². The summed E-state index contributed by atoms with van der Waals surface area (Å²) in [5.41, 5.74) is 1.05. The van der Waals surface area contributed by atoms with Crippen LogP contribution in [0.3, 0.4) is 0 Å². The summed E-state index contributed by atoms with van der Waals surface area (Å²) in [5, 5.41) is 2.35. The Balaban J connectivity index is 2.12. The molecule has 2 aromatic rings. The van der Waals surface area contributed by atoms with Crippen molar-refractivity contribution in [1.29, 1.82) is 0 Å². The Hall–Kier alpha value is -0.990. The number of nitrogens with zero attached hydrogens (tertiary/aromatic N) is 1. The van der Waals surface area contributed by atoms with Crippen LogP contribution in [0.25, 0.3) is 10.9 Å².